The molecule has 3 heteroatoms. The fourth-order valence-corrected chi connectivity index (χ4v) is 1.85. The monoisotopic (exact) mass is 248 g/mol. The van der Waals surface area contributed by atoms with Crippen molar-refractivity contribution in [2.24, 2.45) is 5.73 Å². The third-order valence-electron chi connectivity index (χ3n) is 3.39. The zero-order valence-corrected chi connectivity index (χ0v) is 11.8. The van der Waals surface area contributed by atoms with Crippen LogP contribution >= 0.6 is 0 Å². The second kappa shape index (κ2) is 6.55. The summed E-state index contributed by atoms with van der Waals surface area (Å²) in [5, 5.41) is 0. The van der Waals surface area contributed by atoms with Gasteiger partial charge in [0, 0.05) is 18.7 Å². The van der Waals surface area contributed by atoms with Crippen molar-refractivity contribution in [3.8, 4) is 0 Å². The van der Waals surface area contributed by atoms with Gasteiger partial charge >= 0.3 is 0 Å². The molecule has 0 spiro atoms. The number of carbonyl (C=O) groups is 1. The van der Waals surface area contributed by atoms with E-state index in [2.05, 4.69) is 13.8 Å². The van der Waals surface area contributed by atoms with Crippen LogP contribution in [0.1, 0.15) is 49.0 Å². The molecule has 0 aromatic heterocycles. The summed E-state index contributed by atoms with van der Waals surface area (Å²) in [6.07, 6.45) is 0.826. The summed E-state index contributed by atoms with van der Waals surface area (Å²) >= 11 is 0. The molecule has 0 aliphatic rings. The van der Waals surface area contributed by atoms with E-state index in [1.54, 1.807) is 4.90 Å². The predicted molar refractivity (Wildman–Crippen MR) is 75.8 cm³/mol. The van der Waals surface area contributed by atoms with Crippen molar-refractivity contribution < 1.29 is 4.79 Å². The van der Waals surface area contributed by atoms with Crippen molar-refractivity contribution in [1.29, 1.82) is 0 Å². The largest absolute Gasteiger partial charge is 0.339 e. The summed E-state index contributed by atoms with van der Waals surface area (Å²) in [5.74, 6) is 0.550. The lowest BCUT2D eigenvalue weighted by molar-refractivity contribution is 0.0739. The lowest BCUT2D eigenvalue weighted by Crippen LogP contribution is -2.36. The van der Waals surface area contributed by atoms with Crippen molar-refractivity contribution >= 4 is 5.91 Å². The van der Waals surface area contributed by atoms with E-state index in [9.17, 15) is 4.79 Å². The van der Waals surface area contributed by atoms with Gasteiger partial charge in [0.1, 0.15) is 0 Å². The maximum atomic E-state index is 12.2. The fourth-order valence-electron chi connectivity index (χ4n) is 1.85. The normalized spacial score (nSPS) is 12.6. The molecule has 1 aromatic rings. The van der Waals surface area contributed by atoms with E-state index in [1.807, 2.05) is 38.2 Å². The molecule has 0 saturated heterocycles. The van der Waals surface area contributed by atoms with Crippen LogP contribution in [-0.2, 0) is 0 Å². The van der Waals surface area contributed by atoms with Crippen molar-refractivity contribution in [1.82, 2.24) is 4.90 Å². The highest BCUT2D eigenvalue weighted by Gasteiger charge is 2.16. The van der Waals surface area contributed by atoms with Gasteiger partial charge in [0.05, 0.1) is 0 Å². The van der Waals surface area contributed by atoms with Gasteiger partial charge in [-0.2, -0.15) is 0 Å². The topological polar surface area (TPSA) is 46.3 Å². The average Bonchev–Trinajstić information content (AvgIpc) is 2.37. The van der Waals surface area contributed by atoms with Crippen LogP contribution in [0.25, 0.3) is 0 Å². The minimum Gasteiger partial charge on any atom is -0.339 e. The zero-order chi connectivity index (χ0) is 13.7. The first kappa shape index (κ1) is 14.7. The highest BCUT2D eigenvalue weighted by atomic mass is 16.2. The molecular formula is C15H24N2O. The van der Waals surface area contributed by atoms with E-state index < -0.39 is 0 Å². The minimum atomic E-state index is 0.0613. The number of amides is 1. The van der Waals surface area contributed by atoms with Crippen LogP contribution in [0.15, 0.2) is 24.3 Å². The van der Waals surface area contributed by atoms with E-state index in [4.69, 9.17) is 5.73 Å². The lowest BCUT2D eigenvalue weighted by atomic mass is 10.0. The third-order valence-corrected chi connectivity index (χ3v) is 3.39. The molecule has 0 fully saturated rings. The second-order valence-electron chi connectivity index (χ2n) is 5.12. The molecule has 1 unspecified atom stereocenters. The molecule has 0 bridgehead atoms. The Kier molecular flexibility index (Phi) is 5.35. The van der Waals surface area contributed by atoms with Crippen LogP contribution in [0.3, 0.4) is 0 Å². The molecule has 0 radical (unpaired) electrons. The summed E-state index contributed by atoms with van der Waals surface area (Å²) < 4.78 is 0. The second-order valence-corrected chi connectivity index (χ2v) is 5.12. The molecule has 18 heavy (non-hydrogen) atoms. The standard InChI is InChI=1S/C15H24N2O/c1-11(2)13-5-7-14(8-6-13)15(18)17(4)12(3)9-10-16/h5-8,11-12H,9-10,16H2,1-4H3. The van der Waals surface area contributed by atoms with Gasteiger partial charge in [-0.1, -0.05) is 26.0 Å². The first-order valence-electron chi connectivity index (χ1n) is 6.54. The van der Waals surface area contributed by atoms with Crippen LogP contribution in [0, 0.1) is 0 Å². The van der Waals surface area contributed by atoms with Crippen molar-refractivity contribution in [2.75, 3.05) is 13.6 Å². The summed E-state index contributed by atoms with van der Waals surface area (Å²) in [7, 11) is 1.83. The predicted octanol–water partition coefficient (Wildman–Crippen LogP) is 2.62. The molecule has 3 nitrogen and oxygen atoms in total. The van der Waals surface area contributed by atoms with Gasteiger partial charge in [-0.3, -0.25) is 4.79 Å². The smallest absolute Gasteiger partial charge is 0.253 e. The third kappa shape index (κ3) is 3.57. The van der Waals surface area contributed by atoms with Crippen LogP contribution in [0.2, 0.25) is 0 Å². The summed E-state index contributed by atoms with van der Waals surface area (Å²) in [4.78, 5) is 14.0. The average molecular weight is 248 g/mol. The van der Waals surface area contributed by atoms with Gasteiger partial charge < -0.3 is 10.6 Å². The van der Waals surface area contributed by atoms with Crippen molar-refractivity contribution in [3.05, 3.63) is 35.4 Å². The quantitative estimate of drug-likeness (QED) is 0.870. The van der Waals surface area contributed by atoms with Gasteiger partial charge in [-0.15, -0.1) is 0 Å². The number of rotatable bonds is 5. The van der Waals surface area contributed by atoms with Gasteiger partial charge in [0.25, 0.3) is 5.91 Å². The van der Waals surface area contributed by atoms with Crippen LogP contribution in [-0.4, -0.2) is 30.4 Å². The molecule has 0 saturated carbocycles. The van der Waals surface area contributed by atoms with Crippen molar-refractivity contribution in [2.45, 2.75) is 39.2 Å². The van der Waals surface area contributed by atoms with Gasteiger partial charge in [0.2, 0.25) is 0 Å². The molecule has 1 atom stereocenters. The number of carbonyl (C=O) groups excluding carboxylic acids is 1. The first-order chi connectivity index (χ1) is 8.47. The Morgan fingerprint density at radius 3 is 2.22 bits per heavy atom. The van der Waals surface area contributed by atoms with Gasteiger partial charge in [-0.05, 0) is 43.5 Å². The molecule has 0 aliphatic carbocycles. The summed E-state index contributed by atoms with van der Waals surface area (Å²) in [5.41, 5.74) is 7.52. The highest BCUT2D eigenvalue weighted by molar-refractivity contribution is 5.94. The molecule has 1 rings (SSSR count). The van der Waals surface area contributed by atoms with E-state index in [0.29, 0.717) is 12.5 Å². The summed E-state index contributed by atoms with van der Waals surface area (Å²) in [6, 6.07) is 8.04. The molecule has 0 aliphatic heterocycles. The van der Waals surface area contributed by atoms with Crippen molar-refractivity contribution in [3.63, 3.8) is 0 Å². The summed E-state index contributed by atoms with van der Waals surface area (Å²) in [6.45, 7) is 6.91. The molecule has 1 amide bonds. The maximum Gasteiger partial charge on any atom is 0.253 e. The van der Waals surface area contributed by atoms with E-state index in [-0.39, 0.29) is 11.9 Å². The van der Waals surface area contributed by atoms with Crippen LogP contribution in [0.5, 0.6) is 0 Å². The zero-order valence-electron chi connectivity index (χ0n) is 11.8. The van der Waals surface area contributed by atoms with E-state index in [0.717, 1.165) is 12.0 Å². The van der Waals surface area contributed by atoms with Crippen LogP contribution < -0.4 is 5.73 Å². The minimum absolute atomic E-state index is 0.0613. The molecule has 100 valence electrons. The Morgan fingerprint density at radius 1 is 1.22 bits per heavy atom. The van der Waals surface area contributed by atoms with E-state index >= 15 is 0 Å². The Labute approximate surface area is 110 Å². The maximum absolute atomic E-state index is 12.2. The lowest BCUT2D eigenvalue weighted by Gasteiger charge is -2.24. The SMILES string of the molecule is CC(C)c1ccc(C(=O)N(C)C(C)CCN)cc1. The molecular weight excluding hydrogens is 224 g/mol. The first-order valence-corrected chi connectivity index (χ1v) is 6.54. The molecule has 1 aromatic carbocycles. The number of hydrogen-bond donors (Lipinski definition) is 1. The van der Waals surface area contributed by atoms with Crippen LogP contribution in [0.4, 0.5) is 0 Å². The molecule has 2 N–H and O–H groups in total. The Balaban J connectivity index is 2.77. The molecule has 0 heterocycles. The Bertz CT molecular complexity index is 384. The van der Waals surface area contributed by atoms with E-state index in [1.165, 1.54) is 5.56 Å². The fraction of sp³-hybridized carbons (Fsp3) is 0.533. The number of benzene rings is 1. The number of nitrogens with two attached hydrogens (primary N) is 1. The number of nitrogens with zero attached hydrogens (tertiary/aromatic N) is 1. The van der Waals surface area contributed by atoms with Gasteiger partial charge in [-0.25, -0.2) is 0 Å². The van der Waals surface area contributed by atoms with Gasteiger partial charge in [0.15, 0.2) is 0 Å². The Hall–Kier alpha value is -1.35. The highest BCUT2D eigenvalue weighted by Crippen LogP contribution is 2.16. The Morgan fingerprint density at radius 2 is 1.78 bits per heavy atom. The number of hydrogen-bond acceptors (Lipinski definition) is 2.